The van der Waals surface area contributed by atoms with Crippen LogP contribution < -0.4 is 0 Å². The number of hydrogen-bond acceptors (Lipinski definition) is 5. The fraction of sp³-hybridized carbons (Fsp3) is 0.857. The smallest absolute Gasteiger partial charge is 0.173 e. The molecule has 0 spiro atoms. The maximum atomic E-state index is 13.4. The third-order valence-electron chi connectivity index (χ3n) is 8.36. The van der Waals surface area contributed by atoms with E-state index in [0.29, 0.717) is 17.9 Å². The molecule has 3 fully saturated rings. The fourth-order valence-electron chi connectivity index (χ4n) is 6.35. The van der Waals surface area contributed by atoms with Gasteiger partial charge in [-0.15, -0.1) is 0 Å². The fourth-order valence-corrected chi connectivity index (χ4v) is 6.35. The summed E-state index contributed by atoms with van der Waals surface area (Å²) in [4.78, 5) is 13.4. The zero-order chi connectivity index (χ0) is 19.4. The van der Waals surface area contributed by atoms with Gasteiger partial charge in [0.15, 0.2) is 11.4 Å². The number of fused-ring (bicyclic) bond motifs is 1. The van der Waals surface area contributed by atoms with Crippen LogP contribution in [0, 0.1) is 35.0 Å². The predicted octanol–water partition coefficient (Wildman–Crippen LogP) is 1.69. The van der Waals surface area contributed by atoms with E-state index >= 15 is 0 Å². The Balaban J connectivity index is 1.82. The van der Waals surface area contributed by atoms with Gasteiger partial charge in [-0.2, -0.15) is 0 Å². The monoisotopic (exact) mass is 364 g/mol. The number of Topliss-reactive ketones (excluding diaryl/α,β-unsaturated/α-hetero) is 1. The average Bonchev–Trinajstić information content (AvgIpc) is 3.37. The van der Waals surface area contributed by atoms with E-state index < -0.39 is 35.4 Å². The first-order chi connectivity index (χ1) is 11.9. The summed E-state index contributed by atoms with van der Waals surface area (Å²) in [6.07, 6.45) is -0.282. The Bertz CT molecular complexity index is 684. The van der Waals surface area contributed by atoms with Crippen molar-refractivity contribution < 1.29 is 24.9 Å². The molecular weight excluding hydrogens is 332 g/mol. The molecule has 5 heteroatoms. The first kappa shape index (κ1) is 18.6. The van der Waals surface area contributed by atoms with Crippen LogP contribution in [-0.4, -0.2) is 50.6 Å². The lowest BCUT2D eigenvalue weighted by molar-refractivity contribution is -0.132. The van der Waals surface area contributed by atoms with E-state index in [1.807, 2.05) is 19.9 Å². The minimum Gasteiger partial charge on any atom is -0.392 e. The third kappa shape index (κ3) is 1.98. The molecule has 2 saturated carbocycles. The van der Waals surface area contributed by atoms with Crippen LogP contribution in [0.15, 0.2) is 11.6 Å². The summed E-state index contributed by atoms with van der Waals surface area (Å²) in [6, 6.07) is 0. The molecule has 1 aliphatic heterocycles. The van der Waals surface area contributed by atoms with E-state index in [0.717, 1.165) is 0 Å². The van der Waals surface area contributed by atoms with E-state index in [9.17, 15) is 20.1 Å². The number of carbonyl (C=O) groups excluding carboxylic acids is 1. The number of aliphatic hydroxyl groups is 3. The van der Waals surface area contributed by atoms with Crippen LogP contribution in [0.4, 0.5) is 0 Å². The Hall–Kier alpha value is -0.750. The quantitative estimate of drug-likeness (QED) is 0.449. The van der Waals surface area contributed by atoms with Gasteiger partial charge in [0.05, 0.1) is 12.2 Å². The van der Waals surface area contributed by atoms with Crippen molar-refractivity contribution in [3.63, 3.8) is 0 Å². The number of rotatable bonds is 0. The lowest BCUT2D eigenvalue weighted by Crippen LogP contribution is -2.40. The molecule has 10 atom stereocenters. The van der Waals surface area contributed by atoms with Gasteiger partial charge in [0.2, 0.25) is 0 Å². The van der Waals surface area contributed by atoms with E-state index in [-0.39, 0.29) is 29.0 Å². The molecule has 5 nitrogen and oxygen atoms in total. The highest BCUT2D eigenvalue weighted by atomic mass is 16.6. The van der Waals surface area contributed by atoms with Crippen LogP contribution in [0.5, 0.6) is 0 Å². The van der Waals surface area contributed by atoms with Gasteiger partial charge < -0.3 is 20.1 Å². The molecule has 0 aromatic carbocycles. The zero-order valence-electron chi connectivity index (χ0n) is 16.6. The maximum absolute atomic E-state index is 13.4. The Morgan fingerprint density at radius 3 is 2.27 bits per heavy atom. The van der Waals surface area contributed by atoms with Gasteiger partial charge in [-0.3, -0.25) is 4.79 Å². The lowest BCUT2D eigenvalue weighted by Gasteiger charge is -2.23. The molecule has 0 aromatic heterocycles. The number of hydrogen-bond donors (Lipinski definition) is 3. The molecule has 0 radical (unpaired) electrons. The second kappa shape index (κ2) is 5.19. The lowest BCUT2D eigenvalue weighted by atomic mass is 9.79. The molecule has 26 heavy (non-hydrogen) atoms. The Morgan fingerprint density at radius 1 is 1.08 bits per heavy atom. The Morgan fingerprint density at radius 2 is 1.65 bits per heavy atom. The number of ketones is 1. The molecule has 0 aromatic rings. The van der Waals surface area contributed by atoms with E-state index in [4.69, 9.17) is 4.74 Å². The Labute approximate surface area is 155 Å². The van der Waals surface area contributed by atoms with E-state index in [2.05, 4.69) is 13.8 Å². The molecule has 0 amide bonds. The van der Waals surface area contributed by atoms with Crippen molar-refractivity contribution in [2.45, 2.75) is 77.5 Å². The van der Waals surface area contributed by atoms with Crippen LogP contribution >= 0.6 is 0 Å². The molecular formula is C21H32O5. The largest absolute Gasteiger partial charge is 0.392 e. The summed E-state index contributed by atoms with van der Waals surface area (Å²) in [5.74, 6) is -0.569. The van der Waals surface area contributed by atoms with Crippen LogP contribution in [0.3, 0.4) is 0 Å². The van der Waals surface area contributed by atoms with E-state index in [1.54, 1.807) is 13.8 Å². The minimum atomic E-state index is -1.01. The second-order valence-corrected chi connectivity index (χ2v) is 10.0. The number of ether oxygens (including phenoxy) is 1. The average molecular weight is 364 g/mol. The Kier molecular flexibility index (Phi) is 3.72. The van der Waals surface area contributed by atoms with Gasteiger partial charge >= 0.3 is 0 Å². The number of epoxide rings is 1. The van der Waals surface area contributed by atoms with Crippen molar-refractivity contribution in [3.05, 3.63) is 11.6 Å². The van der Waals surface area contributed by atoms with Gasteiger partial charge in [0.25, 0.3) is 0 Å². The summed E-state index contributed by atoms with van der Waals surface area (Å²) < 4.78 is 6.14. The zero-order valence-corrected chi connectivity index (χ0v) is 16.6. The van der Waals surface area contributed by atoms with Gasteiger partial charge in [-0.1, -0.05) is 34.6 Å². The molecule has 3 aliphatic carbocycles. The maximum Gasteiger partial charge on any atom is 0.173 e. The molecule has 4 aliphatic rings. The number of carbonyl (C=O) groups is 1. The second-order valence-electron chi connectivity index (χ2n) is 10.0. The van der Waals surface area contributed by atoms with Crippen LogP contribution in [0.1, 0.15) is 48.0 Å². The topological polar surface area (TPSA) is 90.3 Å². The molecule has 0 bridgehead atoms. The minimum absolute atomic E-state index is 0.0300. The molecule has 0 unspecified atom stereocenters. The molecule has 1 heterocycles. The molecule has 4 rings (SSSR count). The highest BCUT2D eigenvalue weighted by molar-refractivity contribution is 5.95. The molecule has 146 valence electrons. The van der Waals surface area contributed by atoms with Crippen LogP contribution in [0.25, 0.3) is 0 Å². The van der Waals surface area contributed by atoms with Crippen molar-refractivity contribution in [3.8, 4) is 0 Å². The van der Waals surface area contributed by atoms with Gasteiger partial charge in [0, 0.05) is 5.92 Å². The van der Waals surface area contributed by atoms with Crippen molar-refractivity contribution in [1.82, 2.24) is 0 Å². The van der Waals surface area contributed by atoms with Crippen molar-refractivity contribution >= 4 is 5.78 Å². The predicted molar refractivity (Wildman–Crippen MR) is 96.2 cm³/mol. The van der Waals surface area contributed by atoms with Crippen LogP contribution in [-0.2, 0) is 9.53 Å². The van der Waals surface area contributed by atoms with Gasteiger partial charge in [0.1, 0.15) is 11.7 Å². The van der Waals surface area contributed by atoms with Crippen LogP contribution in [0.2, 0.25) is 0 Å². The van der Waals surface area contributed by atoms with Crippen molar-refractivity contribution in [2.75, 3.05) is 0 Å². The molecule has 1 saturated heterocycles. The number of aliphatic hydroxyl groups excluding tert-OH is 3. The van der Waals surface area contributed by atoms with Crippen molar-refractivity contribution in [2.24, 2.45) is 35.0 Å². The standard InChI is InChI=1S/C21H32O5/c1-9-7-21-18(25)11(3)16(23)13-14(19(13,5)6)17(24)15(22)10(2)8-20(21,26-21)12(9)4/h8-9,11-17,22-24H,7H2,1-6H3/b10-8-/t9-,11+,12-,13-,14+,15+,16-,17-,20-,21-/m0/s1. The first-order valence-electron chi connectivity index (χ1n) is 9.90. The normalized spacial score (nSPS) is 60.0. The first-order valence-corrected chi connectivity index (χ1v) is 9.90. The molecule has 3 N–H and O–H groups in total. The summed E-state index contributed by atoms with van der Waals surface area (Å²) in [5, 5.41) is 32.5. The van der Waals surface area contributed by atoms with Gasteiger partial charge in [-0.05, 0) is 54.1 Å². The third-order valence-corrected chi connectivity index (χ3v) is 8.36. The van der Waals surface area contributed by atoms with Gasteiger partial charge in [-0.25, -0.2) is 0 Å². The van der Waals surface area contributed by atoms with E-state index in [1.165, 1.54) is 0 Å². The highest BCUT2D eigenvalue weighted by Crippen LogP contribution is 2.69. The SMILES string of the molecule is C/C1=C/[C@@]23O[C@@]2(C[C@H](C)[C@@H]3C)C(=O)[C@H](C)[C@H](O)[C@@H]2[C@H]([C@H](O)[C@@H]1O)C2(C)C. The summed E-state index contributed by atoms with van der Waals surface area (Å²) in [6.45, 7) is 11.8. The summed E-state index contributed by atoms with van der Waals surface area (Å²) in [5.41, 5.74) is -1.27. The summed E-state index contributed by atoms with van der Waals surface area (Å²) >= 11 is 0. The summed E-state index contributed by atoms with van der Waals surface area (Å²) in [7, 11) is 0. The highest BCUT2D eigenvalue weighted by Gasteiger charge is 2.81. The van der Waals surface area contributed by atoms with Crippen molar-refractivity contribution in [1.29, 1.82) is 0 Å².